The molecule has 1 atom stereocenters. The average molecular weight is 332 g/mol. The van der Waals surface area contributed by atoms with Crippen molar-refractivity contribution in [1.82, 2.24) is 15.1 Å². The van der Waals surface area contributed by atoms with Gasteiger partial charge in [-0.1, -0.05) is 38.1 Å². The van der Waals surface area contributed by atoms with Crippen LogP contribution in [0.5, 0.6) is 0 Å². The van der Waals surface area contributed by atoms with Gasteiger partial charge in [0.25, 0.3) is 0 Å². The quantitative estimate of drug-likeness (QED) is 0.593. The first-order valence-electron chi connectivity index (χ1n) is 9.18. The standard InChI is InChI=1S/C19H32N4O/c1-4-20-19(23-12-11-18(24)15-23)21-13-16-9-7-8-10-17(16)14-22(5-2)6-3/h7-10,18,24H,4-6,11-15H2,1-3H3,(H,20,21)/t18-/m1/s1. The van der Waals surface area contributed by atoms with Crippen molar-refractivity contribution in [3.8, 4) is 0 Å². The molecule has 5 heteroatoms. The highest BCUT2D eigenvalue weighted by Crippen LogP contribution is 2.14. The van der Waals surface area contributed by atoms with Crippen molar-refractivity contribution in [2.45, 2.75) is 46.4 Å². The number of hydrogen-bond acceptors (Lipinski definition) is 3. The number of benzene rings is 1. The van der Waals surface area contributed by atoms with Crippen LogP contribution in [0.2, 0.25) is 0 Å². The maximum Gasteiger partial charge on any atom is 0.194 e. The second-order valence-electron chi connectivity index (χ2n) is 6.29. The van der Waals surface area contributed by atoms with Crippen molar-refractivity contribution in [1.29, 1.82) is 0 Å². The van der Waals surface area contributed by atoms with E-state index in [2.05, 4.69) is 60.2 Å². The summed E-state index contributed by atoms with van der Waals surface area (Å²) in [4.78, 5) is 9.40. The molecular weight excluding hydrogens is 300 g/mol. The van der Waals surface area contributed by atoms with E-state index in [1.54, 1.807) is 0 Å². The molecule has 1 aliphatic heterocycles. The molecule has 2 N–H and O–H groups in total. The molecule has 0 spiro atoms. The Morgan fingerprint density at radius 3 is 2.54 bits per heavy atom. The van der Waals surface area contributed by atoms with Crippen molar-refractivity contribution < 1.29 is 5.11 Å². The van der Waals surface area contributed by atoms with E-state index in [0.717, 1.165) is 45.1 Å². The van der Waals surface area contributed by atoms with E-state index in [1.807, 2.05) is 0 Å². The molecule has 1 heterocycles. The van der Waals surface area contributed by atoms with Gasteiger partial charge in [0.05, 0.1) is 12.6 Å². The van der Waals surface area contributed by atoms with E-state index >= 15 is 0 Å². The van der Waals surface area contributed by atoms with Crippen LogP contribution in [0, 0.1) is 0 Å². The number of likely N-dealkylation sites (tertiary alicyclic amines) is 1. The Morgan fingerprint density at radius 1 is 1.25 bits per heavy atom. The summed E-state index contributed by atoms with van der Waals surface area (Å²) in [6.07, 6.45) is 0.590. The lowest BCUT2D eigenvalue weighted by atomic mass is 10.1. The Bertz CT molecular complexity index is 528. The molecular formula is C19H32N4O. The van der Waals surface area contributed by atoms with Crippen LogP contribution >= 0.6 is 0 Å². The number of β-amino-alcohol motifs (C(OH)–C–C–N with tert-alkyl or cyclic N) is 1. The number of aliphatic hydroxyl groups is 1. The van der Waals surface area contributed by atoms with Crippen LogP contribution in [0.25, 0.3) is 0 Å². The van der Waals surface area contributed by atoms with Crippen molar-refractivity contribution in [2.75, 3.05) is 32.7 Å². The summed E-state index contributed by atoms with van der Waals surface area (Å²) in [6.45, 7) is 12.6. The zero-order valence-electron chi connectivity index (χ0n) is 15.3. The number of hydrogen-bond donors (Lipinski definition) is 2. The summed E-state index contributed by atoms with van der Waals surface area (Å²) in [5.74, 6) is 0.909. The molecule has 1 saturated heterocycles. The second-order valence-corrected chi connectivity index (χ2v) is 6.29. The summed E-state index contributed by atoms with van der Waals surface area (Å²) in [6, 6.07) is 8.57. The Hall–Kier alpha value is -1.59. The zero-order valence-corrected chi connectivity index (χ0v) is 15.3. The van der Waals surface area contributed by atoms with Crippen LogP contribution in [0.3, 0.4) is 0 Å². The van der Waals surface area contributed by atoms with E-state index in [4.69, 9.17) is 4.99 Å². The number of aliphatic hydroxyl groups excluding tert-OH is 1. The lowest BCUT2D eigenvalue weighted by Gasteiger charge is -2.22. The summed E-state index contributed by atoms with van der Waals surface area (Å²) < 4.78 is 0. The van der Waals surface area contributed by atoms with E-state index in [9.17, 15) is 5.11 Å². The van der Waals surface area contributed by atoms with Gasteiger partial charge in [0, 0.05) is 26.2 Å². The molecule has 0 amide bonds. The molecule has 0 unspecified atom stereocenters. The predicted octanol–water partition coefficient (Wildman–Crippen LogP) is 2.06. The maximum atomic E-state index is 9.77. The third-order valence-electron chi connectivity index (χ3n) is 4.60. The molecule has 2 rings (SSSR count). The SMILES string of the molecule is CCNC(=NCc1ccccc1CN(CC)CC)N1CC[C@@H](O)C1. The molecule has 1 aromatic carbocycles. The van der Waals surface area contributed by atoms with Gasteiger partial charge in [-0.15, -0.1) is 0 Å². The summed E-state index contributed by atoms with van der Waals surface area (Å²) >= 11 is 0. The number of guanidine groups is 1. The monoisotopic (exact) mass is 332 g/mol. The van der Waals surface area contributed by atoms with Gasteiger partial charge < -0.3 is 15.3 Å². The predicted molar refractivity (Wildman–Crippen MR) is 100 cm³/mol. The molecule has 1 aromatic rings. The van der Waals surface area contributed by atoms with Gasteiger partial charge in [-0.25, -0.2) is 4.99 Å². The molecule has 0 aliphatic carbocycles. The van der Waals surface area contributed by atoms with Crippen LogP contribution in [0.15, 0.2) is 29.3 Å². The first-order chi connectivity index (χ1) is 11.7. The molecule has 5 nitrogen and oxygen atoms in total. The van der Waals surface area contributed by atoms with Gasteiger partial charge >= 0.3 is 0 Å². The Morgan fingerprint density at radius 2 is 1.96 bits per heavy atom. The highest BCUT2D eigenvalue weighted by Gasteiger charge is 2.22. The van der Waals surface area contributed by atoms with Crippen molar-refractivity contribution in [3.05, 3.63) is 35.4 Å². The smallest absolute Gasteiger partial charge is 0.194 e. The number of rotatable bonds is 7. The average Bonchev–Trinajstić information content (AvgIpc) is 3.03. The minimum atomic E-state index is -0.233. The van der Waals surface area contributed by atoms with E-state index in [-0.39, 0.29) is 6.10 Å². The Labute approximate surface area is 146 Å². The van der Waals surface area contributed by atoms with Gasteiger partial charge in [-0.2, -0.15) is 0 Å². The Kier molecular flexibility index (Phi) is 7.53. The lowest BCUT2D eigenvalue weighted by molar-refractivity contribution is 0.188. The van der Waals surface area contributed by atoms with E-state index in [1.165, 1.54) is 11.1 Å². The third kappa shape index (κ3) is 5.21. The zero-order chi connectivity index (χ0) is 17.4. The molecule has 24 heavy (non-hydrogen) atoms. The molecule has 0 radical (unpaired) electrons. The van der Waals surface area contributed by atoms with Crippen LogP contribution in [-0.2, 0) is 13.1 Å². The van der Waals surface area contributed by atoms with Crippen molar-refractivity contribution >= 4 is 5.96 Å². The van der Waals surface area contributed by atoms with Crippen LogP contribution in [-0.4, -0.2) is 59.7 Å². The fourth-order valence-electron chi connectivity index (χ4n) is 3.07. The highest BCUT2D eigenvalue weighted by atomic mass is 16.3. The topological polar surface area (TPSA) is 51.1 Å². The van der Waals surface area contributed by atoms with Crippen LogP contribution < -0.4 is 5.32 Å². The fraction of sp³-hybridized carbons (Fsp3) is 0.632. The summed E-state index contributed by atoms with van der Waals surface area (Å²) in [5.41, 5.74) is 2.63. The van der Waals surface area contributed by atoms with E-state index < -0.39 is 0 Å². The number of nitrogens with zero attached hydrogens (tertiary/aromatic N) is 3. The third-order valence-corrected chi connectivity index (χ3v) is 4.60. The number of aliphatic imine (C=N–C) groups is 1. The lowest BCUT2D eigenvalue weighted by Crippen LogP contribution is -2.40. The second kappa shape index (κ2) is 9.64. The fourth-order valence-corrected chi connectivity index (χ4v) is 3.07. The minimum absolute atomic E-state index is 0.233. The molecule has 1 aliphatic rings. The van der Waals surface area contributed by atoms with Crippen molar-refractivity contribution in [2.24, 2.45) is 4.99 Å². The molecule has 0 aromatic heterocycles. The van der Waals surface area contributed by atoms with Gasteiger partial charge in [-0.05, 0) is 37.6 Å². The van der Waals surface area contributed by atoms with Gasteiger partial charge in [0.15, 0.2) is 5.96 Å². The first kappa shape index (κ1) is 18.7. The highest BCUT2D eigenvalue weighted by molar-refractivity contribution is 5.80. The minimum Gasteiger partial charge on any atom is -0.391 e. The maximum absolute atomic E-state index is 9.77. The molecule has 0 bridgehead atoms. The van der Waals surface area contributed by atoms with Gasteiger partial charge in [-0.3, -0.25) is 4.90 Å². The normalized spacial score (nSPS) is 18.5. The van der Waals surface area contributed by atoms with Crippen LogP contribution in [0.4, 0.5) is 0 Å². The summed E-state index contributed by atoms with van der Waals surface area (Å²) in [7, 11) is 0. The molecule has 134 valence electrons. The first-order valence-corrected chi connectivity index (χ1v) is 9.18. The van der Waals surface area contributed by atoms with Crippen molar-refractivity contribution in [3.63, 3.8) is 0 Å². The number of nitrogens with one attached hydrogen (secondary N) is 1. The van der Waals surface area contributed by atoms with E-state index in [0.29, 0.717) is 13.1 Å². The largest absolute Gasteiger partial charge is 0.391 e. The summed E-state index contributed by atoms with van der Waals surface area (Å²) in [5, 5.41) is 13.1. The van der Waals surface area contributed by atoms with Crippen LogP contribution in [0.1, 0.15) is 38.3 Å². The molecule has 1 fully saturated rings. The molecule has 0 saturated carbocycles. The van der Waals surface area contributed by atoms with Gasteiger partial charge in [0.2, 0.25) is 0 Å². The van der Waals surface area contributed by atoms with Gasteiger partial charge in [0.1, 0.15) is 0 Å². The Balaban J connectivity index is 2.10.